The summed E-state index contributed by atoms with van der Waals surface area (Å²) in [5.74, 6) is 1.80. The number of hydrogen-bond donors (Lipinski definition) is 1. The van der Waals surface area contributed by atoms with Crippen LogP contribution in [0, 0.1) is 6.92 Å². The molecule has 6 nitrogen and oxygen atoms in total. The Kier molecular flexibility index (Phi) is 9.53. The highest BCUT2D eigenvalue weighted by atomic mass is 35.5. The maximum absolute atomic E-state index is 13.3. The number of rotatable bonds is 11. The number of amides is 1. The molecular weight excluding hydrogens is 580 g/mol. The normalized spacial score (nSPS) is 15.5. The Labute approximate surface area is 271 Å². The summed E-state index contributed by atoms with van der Waals surface area (Å²) in [6.07, 6.45) is 3.54. The molecule has 1 aliphatic rings. The summed E-state index contributed by atoms with van der Waals surface area (Å²) >= 11 is 6.08. The molecule has 6 rings (SSSR count). The van der Waals surface area contributed by atoms with Crippen LogP contribution >= 0.6 is 11.6 Å². The first-order chi connectivity index (χ1) is 22.0. The van der Waals surface area contributed by atoms with Crippen LogP contribution in [-0.2, 0) is 23.4 Å². The van der Waals surface area contributed by atoms with Gasteiger partial charge in [-0.15, -0.1) is 0 Å². The van der Waals surface area contributed by atoms with E-state index in [2.05, 4.69) is 82.4 Å². The summed E-state index contributed by atoms with van der Waals surface area (Å²) in [5.41, 5.74) is 5.25. The fourth-order valence-corrected chi connectivity index (χ4v) is 7.04. The van der Waals surface area contributed by atoms with Crippen LogP contribution in [0.4, 0.5) is 0 Å². The molecule has 1 aromatic heterocycles. The van der Waals surface area contributed by atoms with Crippen molar-refractivity contribution in [2.45, 2.75) is 57.2 Å². The van der Waals surface area contributed by atoms with Gasteiger partial charge < -0.3 is 14.6 Å². The smallest absolute Gasteiger partial charge is 0.230 e. The number of piperidine rings is 1. The van der Waals surface area contributed by atoms with E-state index in [1.54, 1.807) is 7.05 Å². The molecule has 1 amide bonds. The molecule has 1 saturated heterocycles. The summed E-state index contributed by atoms with van der Waals surface area (Å²) in [4.78, 5) is 20.9. The van der Waals surface area contributed by atoms with Gasteiger partial charge in [0.2, 0.25) is 5.91 Å². The van der Waals surface area contributed by atoms with Gasteiger partial charge in [-0.25, -0.2) is 4.98 Å². The Morgan fingerprint density at radius 2 is 1.62 bits per heavy atom. The number of ether oxygens (including phenoxy) is 1. The zero-order valence-corrected chi connectivity index (χ0v) is 26.8. The van der Waals surface area contributed by atoms with Crippen molar-refractivity contribution < 1.29 is 9.53 Å². The fourth-order valence-electron chi connectivity index (χ4n) is 6.91. The zero-order chi connectivity index (χ0) is 31.2. The molecular formula is C38H41ClN4O2. The molecule has 1 unspecified atom stereocenters. The van der Waals surface area contributed by atoms with E-state index in [9.17, 15) is 4.79 Å². The first-order valence-electron chi connectivity index (χ1n) is 15.9. The lowest BCUT2D eigenvalue weighted by atomic mass is 9.71. The predicted molar refractivity (Wildman–Crippen MR) is 182 cm³/mol. The van der Waals surface area contributed by atoms with Crippen LogP contribution in [0.25, 0.3) is 11.0 Å². The third-order valence-electron chi connectivity index (χ3n) is 9.37. The molecule has 5 aromatic rings. The maximum atomic E-state index is 13.3. The summed E-state index contributed by atoms with van der Waals surface area (Å²) in [5, 5.41) is 3.65. The number of benzene rings is 4. The van der Waals surface area contributed by atoms with E-state index in [1.165, 1.54) is 5.56 Å². The van der Waals surface area contributed by atoms with Gasteiger partial charge in [0.15, 0.2) is 0 Å². The zero-order valence-electron chi connectivity index (χ0n) is 26.1. The second-order valence-corrected chi connectivity index (χ2v) is 12.4. The van der Waals surface area contributed by atoms with Gasteiger partial charge >= 0.3 is 0 Å². The molecule has 0 radical (unpaired) electrons. The second kappa shape index (κ2) is 13.9. The minimum absolute atomic E-state index is 0.111. The Balaban J connectivity index is 1.21. The molecule has 0 saturated carbocycles. The van der Waals surface area contributed by atoms with Crippen LogP contribution in [0.2, 0.25) is 5.02 Å². The van der Waals surface area contributed by atoms with Gasteiger partial charge in [0.25, 0.3) is 0 Å². The molecule has 4 aromatic carbocycles. The van der Waals surface area contributed by atoms with Crippen molar-refractivity contribution in [1.29, 1.82) is 0 Å². The Bertz CT molecular complexity index is 1710. The van der Waals surface area contributed by atoms with E-state index in [4.69, 9.17) is 21.3 Å². The third kappa shape index (κ3) is 6.63. The number of hydrogen-bond acceptors (Lipinski definition) is 4. The number of likely N-dealkylation sites (N-methyl/N-ethyl adjacent to an activating group) is 1. The SMILES string of the molecule is CNC(=O)C1(c2ccccc2)CCN(C(CCCn2c(COc3ccc(Cl)cc3)nc3c(C)cccc32)c2ccccc2)CC1. The minimum Gasteiger partial charge on any atom is -0.486 e. The number of nitrogens with one attached hydrogen (secondary N) is 1. The number of carbonyl (C=O) groups excluding carboxylic acids is 1. The number of halogens is 1. The highest BCUT2D eigenvalue weighted by Gasteiger charge is 2.43. The van der Waals surface area contributed by atoms with Gasteiger partial charge in [0, 0.05) is 37.7 Å². The number of aryl methyl sites for hydroxylation is 2. The van der Waals surface area contributed by atoms with E-state index in [0.29, 0.717) is 11.6 Å². The van der Waals surface area contributed by atoms with Crippen LogP contribution < -0.4 is 10.1 Å². The van der Waals surface area contributed by atoms with Crippen LogP contribution in [0.1, 0.15) is 54.2 Å². The Hall–Kier alpha value is -4.13. The van der Waals surface area contributed by atoms with Crippen LogP contribution in [0.3, 0.4) is 0 Å². The van der Waals surface area contributed by atoms with Gasteiger partial charge in [-0.1, -0.05) is 84.4 Å². The van der Waals surface area contributed by atoms with Crippen molar-refractivity contribution in [3.63, 3.8) is 0 Å². The molecule has 0 aliphatic carbocycles. The number of aromatic nitrogens is 2. The summed E-state index contributed by atoms with van der Waals surface area (Å²) in [6, 6.07) is 35.2. The Morgan fingerprint density at radius 3 is 2.31 bits per heavy atom. The van der Waals surface area contributed by atoms with Crippen molar-refractivity contribution in [2.24, 2.45) is 0 Å². The monoisotopic (exact) mass is 620 g/mol. The lowest BCUT2D eigenvalue weighted by Gasteiger charge is -2.44. The van der Waals surface area contributed by atoms with Crippen molar-refractivity contribution >= 4 is 28.5 Å². The van der Waals surface area contributed by atoms with Crippen LogP contribution in [0.5, 0.6) is 5.75 Å². The predicted octanol–water partition coefficient (Wildman–Crippen LogP) is 7.88. The fraction of sp³-hybridized carbons (Fsp3) is 0.316. The van der Waals surface area contributed by atoms with E-state index in [1.807, 2.05) is 42.5 Å². The number of para-hydroxylation sites is 1. The molecule has 45 heavy (non-hydrogen) atoms. The minimum atomic E-state index is -0.500. The highest BCUT2D eigenvalue weighted by Crippen LogP contribution is 2.39. The van der Waals surface area contributed by atoms with E-state index < -0.39 is 5.41 Å². The topological polar surface area (TPSA) is 59.4 Å². The molecule has 2 heterocycles. The van der Waals surface area contributed by atoms with Gasteiger partial charge in [0.1, 0.15) is 18.2 Å². The standard InChI is InChI=1S/C38H41ClN4O2/c1-28-11-9-16-34-36(28)41-35(27-45-32-20-18-31(39)19-21-32)43(34)24-10-17-33(29-12-5-3-6-13-29)42-25-22-38(23-26-42,37(44)40-2)30-14-7-4-8-15-30/h3-9,11-16,18-21,33H,10,17,22-27H2,1-2H3,(H,40,44). The van der Waals surface area contributed by atoms with Crippen molar-refractivity contribution in [1.82, 2.24) is 19.8 Å². The third-order valence-corrected chi connectivity index (χ3v) is 9.62. The van der Waals surface area contributed by atoms with Crippen LogP contribution in [0.15, 0.2) is 103 Å². The number of likely N-dealkylation sites (tertiary alicyclic amines) is 1. The molecule has 0 spiro atoms. The highest BCUT2D eigenvalue weighted by molar-refractivity contribution is 6.30. The lowest BCUT2D eigenvalue weighted by molar-refractivity contribution is -0.128. The van der Waals surface area contributed by atoms with Crippen LogP contribution in [-0.4, -0.2) is 40.5 Å². The number of carbonyl (C=O) groups is 1. The molecule has 1 N–H and O–H groups in total. The van der Waals surface area contributed by atoms with Gasteiger partial charge in [-0.3, -0.25) is 9.69 Å². The van der Waals surface area contributed by atoms with E-state index in [-0.39, 0.29) is 11.9 Å². The van der Waals surface area contributed by atoms with Gasteiger partial charge in [-0.2, -0.15) is 0 Å². The van der Waals surface area contributed by atoms with E-state index in [0.717, 1.165) is 79.1 Å². The number of fused-ring (bicyclic) bond motifs is 1. The number of nitrogens with zero attached hydrogens (tertiary/aromatic N) is 3. The average molecular weight is 621 g/mol. The maximum Gasteiger partial charge on any atom is 0.230 e. The summed E-state index contributed by atoms with van der Waals surface area (Å²) < 4.78 is 8.47. The average Bonchev–Trinajstić information content (AvgIpc) is 3.45. The largest absolute Gasteiger partial charge is 0.486 e. The summed E-state index contributed by atoms with van der Waals surface area (Å²) in [7, 11) is 1.75. The Morgan fingerprint density at radius 1 is 0.933 bits per heavy atom. The van der Waals surface area contributed by atoms with Crippen molar-refractivity contribution in [3.8, 4) is 5.75 Å². The first kappa shape index (κ1) is 30.9. The lowest BCUT2D eigenvalue weighted by Crippen LogP contribution is -2.51. The second-order valence-electron chi connectivity index (χ2n) is 12.0. The first-order valence-corrected chi connectivity index (χ1v) is 16.3. The summed E-state index contributed by atoms with van der Waals surface area (Å²) in [6.45, 7) is 5.04. The van der Waals surface area contributed by atoms with Gasteiger partial charge in [-0.05, 0) is 79.6 Å². The molecule has 1 atom stereocenters. The van der Waals surface area contributed by atoms with Crippen molar-refractivity contribution in [3.05, 3.63) is 131 Å². The molecule has 1 fully saturated rings. The van der Waals surface area contributed by atoms with E-state index >= 15 is 0 Å². The quantitative estimate of drug-likeness (QED) is 0.163. The molecule has 232 valence electrons. The number of imidazole rings is 1. The van der Waals surface area contributed by atoms with Crippen molar-refractivity contribution in [2.75, 3.05) is 20.1 Å². The molecule has 7 heteroatoms. The molecule has 0 bridgehead atoms. The van der Waals surface area contributed by atoms with Gasteiger partial charge in [0.05, 0.1) is 16.4 Å². The molecule has 1 aliphatic heterocycles.